The second-order valence-electron chi connectivity index (χ2n) is 7.27. The minimum Gasteiger partial charge on any atom is -0.370 e. The van der Waals surface area contributed by atoms with Crippen LogP contribution in [0.5, 0.6) is 0 Å². The van der Waals surface area contributed by atoms with Gasteiger partial charge in [-0.3, -0.25) is 4.99 Å². The van der Waals surface area contributed by atoms with Crippen molar-refractivity contribution in [3.05, 3.63) is 0 Å². The van der Waals surface area contributed by atoms with Crippen molar-refractivity contribution >= 4 is 5.96 Å². The van der Waals surface area contributed by atoms with E-state index in [0.29, 0.717) is 11.6 Å². The van der Waals surface area contributed by atoms with Crippen molar-refractivity contribution in [1.82, 2.24) is 4.90 Å². The van der Waals surface area contributed by atoms with Crippen LogP contribution in [0.3, 0.4) is 0 Å². The van der Waals surface area contributed by atoms with E-state index >= 15 is 0 Å². The maximum Gasteiger partial charge on any atom is 0.192 e. The minimum atomic E-state index is 0.296. The van der Waals surface area contributed by atoms with E-state index in [0.717, 1.165) is 18.4 Å². The van der Waals surface area contributed by atoms with Crippen molar-refractivity contribution < 1.29 is 0 Å². The topological polar surface area (TPSA) is 41.6 Å². The number of nitrogens with zero attached hydrogens (tertiary/aromatic N) is 2. The average molecular weight is 277 g/mol. The summed E-state index contributed by atoms with van der Waals surface area (Å²) >= 11 is 0. The fraction of sp³-hybridized carbons (Fsp3) is 0.941. The maximum atomic E-state index is 6.31. The monoisotopic (exact) mass is 277 g/mol. The van der Waals surface area contributed by atoms with Crippen molar-refractivity contribution in [1.29, 1.82) is 0 Å². The molecular weight excluding hydrogens is 246 g/mol. The van der Waals surface area contributed by atoms with Crippen molar-refractivity contribution in [2.24, 2.45) is 16.6 Å². The lowest BCUT2D eigenvalue weighted by atomic mass is 9.74. The Balaban J connectivity index is 1.74. The number of hydrogen-bond acceptors (Lipinski definition) is 3. The lowest BCUT2D eigenvalue weighted by Gasteiger charge is -2.47. The van der Waals surface area contributed by atoms with E-state index in [4.69, 9.17) is 5.73 Å². The van der Waals surface area contributed by atoms with Gasteiger partial charge in [0.15, 0.2) is 5.96 Å². The summed E-state index contributed by atoms with van der Waals surface area (Å²) in [5.41, 5.74) is 6.61. The highest BCUT2D eigenvalue weighted by Crippen LogP contribution is 2.42. The quantitative estimate of drug-likeness (QED) is 0.782. The molecule has 20 heavy (non-hydrogen) atoms. The molecule has 114 valence electrons. The van der Waals surface area contributed by atoms with Gasteiger partial charge in [0.25, 0.3) is 0 Å². The third-order valence-electron chi connectivity index (χ3n) is 6.10. The molecule has 0 saturated heterocycles. The van der Waals surface area contributed by atoms with Crippen LogP contribution in [-0.2, 0) is 0 Å². The van der Waals surface area contributed by atoms with Crippen LogP contribution in [0.2, 0.25) is 0 Å². The third kappa shape index (κ3) is 2.56. The first-order chi connectivity index (χ1) is 9.75. The SMILES string of the molecule is CCC1CCC2(CC1)CN=C(N)N2C1CCCCCC1. The highest BCUT2D eigenvalue weighted by atomic mass is 15.4. The molecule has 2 fully saturated rings. The lowest BCUT2D eigenvalue weighted by Crippen LogP contribution is -2.57. The van der Waals surface area contributed by atoms with Gasteiger partial charge in [-0.2, -0.15) is 0 Å². The van der Waals surface area contributed by atoms with Crippen LogP contribution < -0.4 is 5.73 Å². The van der Waals surface area contributed by atoms with Crippen LogP contribution in [0.4, 0.5) is 0 Å². The summed E-state index contributed by atoms with van der Waals surface area (Å²) < 4.78 is 0. The summed E-state index contributed by atoms with van der Waals surface area (Å²) in [6.45, 7) is 3.30. The highest BCUT2D eigenvalue weighted by molar-refractivity contribution is 5.81. The molecule has 1 heterocycles. The van der Waals surface area contributed by atoms with Gasteiger partial charge < -0.3 is 10.6 Å². The van der Waals surface area contributed by atoms with Gasteiger partial charge in [0.05, 0.1) is 12.1 Å². The molecule has 1 aliphatic heterocycles. The van der Waals surface area contributed by atoms with Crippen LogP contribution in [0, 0.1) is 5.92 Å². The summed E-state index contributed by atoms with van der Waals surface area (Å²) in [7, 11) is 0. The molecule has 0 atom stereocenters. The van der Waals surface area contributed by atoms with Crippen molar-refractivity contribution in [2.75, 3.05) is 6.54 Å². The molecule has 0 amide bonds. The number of rotatable bonds is 2. The molecule has 3 aliphatic rings. The molecule has 3 heteroatoms. The van der Waals surface area contributed by atoms with Crippen molar-refractivity contribution in [3.8, 4) is 0 Å². The molecule has 0 bridgehead atoms. The molecule has 2 N–H and O–H groups in total. The first-order valence-corrected chi connectivity index (χ1v) is 8.84. The largest absolute Gasteiger partial charge is 0.370 e. The van der Waals surface area contributed by atoms with Gasteiger partial charge in [0.1, 0.15) is 0 Å². The van der Waals surface area contributed by atoms with E-state index in [2.05, 4.69) is 16.8 Å². The Hall–Kier alpha value is -0.730. The van der Waals surface area contributed by atoms with E-state index in [-0.39, 0.29) is 0 Å². The van der Waals surface area contributed by atoms with Crippen LogP contribution >= 0.6 is 0 Å². The normalized spacial score (nSPS) is 36.1. The van der Waals surface area contributed by atoms with Crippen LogP contribution in [0.15, 0.2) is 4.99 Å². The lowest BCUT2D eigenvalue weighted by molar-refractivity contribution is 0.0765. The summed E-state index contributed by atoms with van der Waals surface area (Å²) in [5, 5.41) is 0. The Bertz CT molecular complexity index is 347. The Morgan fingerprint density at radius 2 is 1.75 bits per heavy atom. The van der Waals surface area contributed by atoms with Crippen LogP contribution in [0.1, 0.15) is 77.6 Å². The van der Waals surface area contributed by atoms with Gasteiger partial charge >= 0.3 is 0 Å². The van der Waals surface area contributed by atoms with E-state index in [9.17, 15) is 0 Å². The maximum absolute atomic E-state index is 6.31. The second kappa shape index (κ2) is 5.95. The first-order valence-electron chi connectivity index (χ1n) is 8.84. The highest BCUT2D eigenvalue weighted by Gasteiger charge is 2.46. The molecule has 3 nitrogen and oxygen atoms in total. The molecule has 2 aliphatic carbocycles. The van der Waals surface area contributed by atoms with Crippen molar-refractivity contribution in [2.45, 2.75) is 89.1 Å². The van der Waals surface area contributed by atoms with Gasteiger partial charge in [-0.1, -0.05) is 39.0 Å². The number of hydrogen-bond donors (Lipinski definition) is 1. The molecular formula is C17H31N3. The van der Waals surface area contributed by atoms with E-state index in [1.807, 2.05) is 0 Å². The standard InChI is InChI=1S/C17H31N3/c1-2-14-9-11-17(12-10-14)13-19-16(18)20(17)15-7-5-3-4-6-8-15/h14-15H,2-13H2,1H3,(H2,18,19). The number of nitrogens with two attached hydrogens (primary N) is 1. The Morgan fingerprint density at radius 3 is 2.35 bits per heavy atom. The predicted molar refractivity (Wildman–Crippen MR) is 84.8 cm³/mol. The average Bonchev–Trinajstić information content (AvgIpc) is 2.68. The van der Waals surface area contributed by atoms with Crippen molar-refractivity contribution in [3.63, 3.8) is 0 Å². The Morgan fingerprint density at radius 1 is 1.10 bits per heavy atom. The van der Waals surface area contributed by atoms with Gasteiger partial charge in [-0.15, -0.1) is 0 Å². The van der Waals surface area contributed by atoms with E-state index in [1.54, 1.807) is 0 Å². The van der Waals surface area contributed by atoms with Gasteiger partial charge in [0, 0.05) is 6.04 Å². The van der Waals surface area contributed by atoms with Gasteiger partial charge in [0.2, 0.25) is 0 Å². The predicted octanol–water partition coefficient (Wildman–Crippen LogP) is 3.68. The third-order valence-corrected chi connectivity index (χ3v) is 6.10. The zero-order valence-corrected chi connectivity index (χ0v) is 13.1. The fourth-order valence-electron chi connectivity index (χ4n) is 4.74. The summed E-state index contributed by atoms with van der Waals surface area (Å²) in [4.78, 5) is 7.26. The minimum absolute atomic E-state index is 0.296. The molecule has 0 radical (unpaired) electrons. The van der Waals surface area contributed by atoms with Gasteiger partial charge in [-0.25, -0.2) is 0 Å². The van der Waals surface area contributed by atoms with E-state index in [1.165, 1.54) is 70.6 Å². The zero-order chi connectivity index (χ0) is 14.0. The van der Waals surface area contributed by atoms with Crippen LogP contribution in [-0.4, -0.2) is 29.0 Å². The second-order valence-corrected chi connectivity index (χ2v) is 7.27. The fourth-order valence-corrected chi connectivity index (χ4v) is 4.74. The summed E-state index contributed by atoms with van der Waals surface area (Å²) in [6, 6.07) is 0.668. The summed E-state index contributed by atoms with van der Waals surface area (Å²) in [6.07, 6.45) is 15.0. The molecule has 0 aromatic carbocycles. The smallest absolute Gasteiger partial charge is 0.192 e. The molecule has 3 rings (SSSR count). The van der Waals surface area contributed by atoms with Gasteiger partial charge in [-0.05, 0) is 44.4 Å². The summed E-state index contributed by atoms with van der Waals surface area (Å²) in [5.74, 6) is 1.80. The molecule has 1 spiro atoms. The molecule has 0 aromatic rings. The Kier molecular flexibility index (Phi) is 4.23. The number of aliphatic imine (C=N–C) groups is 1. The molecule has 0 unspecified atom stereocenters. The first kappa shape index (κ1) is 14.2. The Labute approximate surface area is 124 Å². The van der Waals surface area contributed by atoms with Crippen LogP contribution in [0.25, 0.3) is 0 Å². The van der Waals surface area contributed by atoms with E-state index < -0.39 is 0 Å². The number of guanidine groups is 1. The molecule has 2 saturated carbocycles. The molecule has 0 aromatic heterocycles. The zero-order valence-electron chi connectivity index (χ0n) is 13.1.